The van der Waals surface area contributed by atoms with E-state index in [2.05, 4.69) is 11.0 Å². The van der Waals surface area contributed by atoms with Gasteiger partial charge < -0.3 is 20.3 Å². The number of fused-ring (bicyclic) bond motifs is 2. The van der Waals surface area contributed by atoms with E-state index in [1.807, 2.05) is 12.1 Å². The summed E-state index contributed by atoms with van der Waals surface area (Å²) < 4.78 is 11.0. The maximum absolute atomic E-state index is 11.3. The first-order valence-electron chi connectivity index (χ1n) is 9.21. The van der Waals surface area contributed by atoms with E-state index in [1.54, 1.807) is 0 Å². The zero-order valence-electron chi connectivity index (χ0n) is 14.4. The lowest BCUT2D eigenvalue weighted by molar-refractivity contribution is -0.128. The largest absolute Gasteiger partial charge is 0.454 e. The molecule has 0 spiro atoms. The number of nitrogens with zero attached hydrogens (tertiary/aromatic N) is 1. The molecular weight excluding hydrogens is 320 g/mol. The summed E-state index contributed by atoms with van der Waals surface area (Å²) in [6.07, 6.45) is 5.19. The van der Waals surface area contributed by atoms with E-state index in [4.69, 9.17) is 15.2 Å². The number of likely N-dealkylation sites (tertiary alicyclic amines) is 1. The predicted octanol–water partition coefficient (Wildman–Crippen LogP) is 1.96. The molecule has 1 amide bonds. The number of rotatable bonds is 4. The van der Waals surface area contributed by atoms with Crippen LogP contribution in [0.25, 0.3) is 0 Å². The maximum atomic E-state index is 11.3. The fraction of sp³-hybridized carbons (Fsp3) is 0.632. The van der Waals surface area contributed by atoms with Gasteiger partial charge in [0.2, 0.25) is 12.7 Å². The fourth-order valence-corrected chi connectivity index (χ4v) is 4.79. The van der Waals surface area contributed by atoms with Gasteiger partial charge in [-0.3, -0.25) is 9.69 Å². The van der Waals surface area contributed by atoms with E-state index in [-0.39, 0.29) is 24.7 Å². The summed E-state index contributed by atoms with van der Waals surface area (Å²) in [6.45, 7) is 1.66. The summed E-state index contributed by atoms with van der Waals surface area (Å²) in [7, 11) is 0. The maximum Gasteiger partial charge on any atom is 0.231 e. The van der Waals surface area contributed by atoms with Gasteiger partial charge in [0.15, 0.2) is 11.5 Å². The summed E-state index contributed by atoms with van der Waals surface area (Å²) in [5.74, 6) is 1.41. The highest BCUT2D eigenvalue weighted by molar-refractivity contribution is 5.73. The third kappa shape index (κ3) is 3.09. The second-order valence-electron chi connectivity index (χ2n) is 7.52. The molecule has 1 aromatic carbocycles. The number of primary amides is 1. The molecule has 1 saturated carbocycles. The van der Waals surface area contributed by atoms with Crippen molar-refractivity contribution in [1.29, 1.82) is 0 Å². The smallest absolute Gasteiger partial charge is 0.231 e. The highest BCUT2D eigenvalue weighted by Crippen LogP contribution is 2.50. The molecule has 1 aromatic rings. The molecule has 0 radical (unpaired) electrons. The second kappa shape index (κ2) is 6.50. The molecule has 6 heteroatoms. The van der Waals surface area contributed by atoms with Gasteiger partial charge in [0.25, 0.3) is 0 Å². The number of nitrogens with two attached hydrogens (primary N) is 1. The quantitative estimate of drug-likeness (QED) is 0.870. The van der Waals surface area contributed by atoms with Crippen LogP contribution in [-0.4, -0.2) is 41.4 Å². The molecule has 3 unspecified atom stereocenters. The van der Waals surface area contributed by atoms with Crippen molar-refractivity contribution in [3.05, 3.63) is 23.8 Å². The lowest BCUT2D eigenvalue weighted by Crippen LogP contribution is -2.55. The van der Waals surface area contributed by atoms with E-state index in [1.165, 1.54) is 0 Å². The molecule has 3 N–H and O–H groups in total. The SMILES string of the molecule is NC(=O)CCN1CCC2(O)CCCCC2C1c1ccc2c(c1)OCO2. The van der Waals surface area contributed by atoms with Crippen molar-refractivity contribution in [3.8, 4) is 11.5 Å². The summed E-state index contributed by atoms with van der Waals surface area (Å²) in [4.78, 5) is 13.6. The van der Waals surface area contributed by atoms with E-state index in [0.717, 1.165) is 55.7 Å². The van der Waals surface area contributed by atoms with Crippen LogP contribution in [0.3, 0.4) is 0 Å². The first-order valence-corrected chi connectivity index (χ1v) is 9.21. The lowest BCUT2D eigenvalue weighted by atomic mass is 9.66. The Kier molecular flexibility index (Phi) is 4.33. The Hall–Kier alpha value is -1.79. The predicted molar refractivity (Wildman–Crippen MR) is 92.2 cm³/mol. The van der Waals surface area contributed by atoms with Crippen LogP contribution in [-0.2, 0) is 4.79 Å². The molecule has 2 aliphatic heterocycles. The first-order chi connectivity index (χ1) is 12.1. The van der Waals surface area contributed by atoms with Crippen molar-refractivity contribution in [3.63, 3.8) is 0 Å². The Morgan fingerprint density at radius 1 is 1.28 bits per heavy atom. The topological polar surface area (TPSA) is 85.0 Å². The van der Waals surface area contributed by atoms with Crippen molar-refractivity contribution < 1.29 is 19.4 Å². The monoisotopic (exact) mass is 346 g/mol. The zero-order chi connectivity index (χ0) is 17.4. The average Bonchev–Trinajstić information content (AvgIpc) is 3.06. The van der Waals surface area contributed by atoms with Gasteiger partial charge in [-0.1, -0.05) is 18.9 Å². The van der Waals surface area contributed by atoms with Gasteiger partial charge in [-0.2, -0.15) is 0 Å². The number of amides is 1. The van der Waals surface area contributed by atoms with Crippen LogP contribution in [0, 0.1) is 5.92 Å². The number of piperidine rings is 1. The Balaban J connectivity index is 1.67. The first kappa shape index (κ1) is 16.7. The average molecular weight is 346 g/mol. The lowest BCUT2D eigenvalue weighted by Gasteiger charge is -2.52. The highest BCUT2D eigenvalue weighted by atomic mass is 16.7. The third-order valence-corrected chi connectivity index (χ3v) is 6.06. The number of hydrogen-bond acceptors (Lipinski definition) is 5. The van der Waals surface area contributed by atoms with Gasteiger partial charge in [-0.25, -0.2) is 0 Å². The number of carbonyl (C=O) groups is 1. The summed E-state index contributed by atoms with van der Waals surface area (Å²) >= 11 is 0. The van der Waals surface area contributed by atoms with Crippen molar-refractivity contribution in [2.45, 2.75) is 50.2 Å². The molecule has 1 aliphatic carbocycles. The molecule has 3 aliphatic rings. The molecule has 4 rings (SSSR count). The van der Waals surface area contributed by atoms with Crippen LogP contribution in [0.1, 0.15) is 50.1 Å². The Labute approximate surface area is 147 Å². The second-order valence-corrected chi connectivity index (χ2v) is 7.52. The molecule has 2 heterocycles. The molecular formula is C19H26N2O4. The van der Waals surface area contributed by atoms with Gasteiger partial charge >= 0.3 is 0 Å². The van der Waals surface area contributed by atoms with Crippen molar-refractivity contribution in [1.82, 2.24) is 4.90 Å². The van der Waals surface area contributed by atoms with Gasteiger partial charge in [0.1, 0.15) is 0 Å². The minimum absolute atomic E-state index is 0.0768. The minimum Gasteiger partial charge on any atom is -0.454 e. The Morgan fingerprint density at radius 2 is 2.12 bits per heavy atom. The van der Waals surface area contributed by atoms with Crippen molar-refractivity contribution >= 4 is 5.91 Å². The third-order valence-electron chi connectivity index (χ3n) is 6.06. The molecule has 2 fully saturated rings. The van der Waals surface area contributed by atoms with Crippen LogP contribution >= 0.6 is 0 Å². The van der Waals surface area contributed by atoms with E-state index in [0.29, 0.717) is 13.0 Å². The number of aliphatic hydroxyl groups is 1. The summed E-state index contributed by atoms with van der Waals surface area (Å²) in [5, 5.41) is 11.2. The van der Waals surface area contributed by atoms with E-state index in [9.17, 15) is 9.90 Å². The number of hydrogen-bond donors (Lipinski definition) is 2. The van der Waals surface area contributed by atoms with Crippen LogP contribution in [0.2, 0.25) is 0 Å². The molecule has 0 aromatic heterocycles. The molecule has 1 saturated heterocycles. The number of benzene rings is 1. The van der Waals surface area contributed by atoms with Crippen LogP contribution in [0.5, 0.6) is 11.5 Å². The van der Waals surface area contributed by atoms with Crippen LogP contribution < -0.4 is 15.2 Å². The van der Waals surface area contributed by atoms with Gasteiger partial charge in [-0.05, 0) is 37.0 Å². The molecule has 25 heavy (non-hydrogen) atoms. The number of ether oxygens (including phenoxy) is 2. The Bertz CT molecular complexity index is 665. The van der Waals surface area contributed by atoms with E-state index >= 15 is 0 Å². The summed E-state index contributed by atoms with van der Waals surface area (Å²) in [5.41, 5.74) is 5.89. The minimum atomic E-state index is -0.609. The van der Waals surface area contributed by atoms with Crippen molar-refractivity contribution in [2.24, 2.45) is 11.7 Å². The normalized spacial score (nSPS) is 31.6. The number of carbonyl (C=O) groups excluding carboxylic acids is 1. The fourth-order valence-electron chi connectivity index (χ4n) is 4.79. The Morgan fingerprint density at radius 3 is 2.96 bits per heavy atom. The van der Waals surface area contributed by atoms with Crippen molar-refractivity contribution in [2.75, 3.05) is 19.9 Å². The molecule has 136 valence electrons. The molecule has 6 nitrogen and oxygen atoms in total. The standard InChI is InChI=1S/C19H26N2O4/c20-17(22)6-9-21-10-8-19(23)7-2-1-3-14(19)18(21)13-4-5-15-16(11-13)25-12-24-15/h4-5,11,14,18,23H,1-3,6-10,12H2,(H2,20,22). The van der Waals surface area contributed by atoms with Crippen LogP contribution in [0.15, 0.2) is 18.2 Å². The molecule has 3 atom stereocenters. The zero-order valence-corrected chi connectivity index (χ0v) is 14.4. The van der Waals surface area contributed by atoms with E-state index < -0.39 is 5.60 Å². The molecule has 0 bridgehead atoms. The van der Waals surface area contributed by atoms with Gasteiger partial charge in [-0.15, -0.1) is 0 Å². The highest BCUT2D eigenvalue weighted by Gasteiger charge is 2.48. The summed E-state index contributed by atoms with van der Waals surface area (Å²) in [6, 6.07) is 6.12. The van der Waals surface area contributed by atoms with Gasteiger partial charge in [0, 0.05) is 31.5 Å². The van der Waals surface area contributed by atoms with Crippen LogP contribution in [0.4, 0.5) is 0 Å². The van der Waals surface area contributed by atoms with Gasteiger partial charge in [0.05, 0.1) is 5.60 Å².